The molecule has 0 bridgehead atoms. The lowest BCUT2D eigenvalue weighted by Crippen LogP contribution is -1.95. The van der Waals surface area contributed by atoms with Crippen LogP contribution in [0.2, 0.25) is 0 Å². The summed E-state index contributed by atoms with van der Waals surface area (Å²) in [5.74, 6) is 0.593. The van der Waals surface area contributed by atoms with E-state index in [1.165, 1.54) is 11.1 Å². The number of hydrogen-bond donors (Lipinski definition) is 2. The maximum atomic E-state index is 10.6. The third-order valence-corrected chi connectivity index (χ3v) is 4.37. The van der Waals surface area contributed by atoms with Crippen LogP contribution in [0, 0.1) is 0 Å². The van der Waals surface area contributed by atoms with Crippen LogP contribution in [0.3, 0.4) is 0 Å². The molecule has 0 aliphatic heterocycles. The van der Waals surface area contributed by atoms with Gasteiger partial charge in [-0.15, -0.1) is 0 Å². The van der Waals surface area contributed by atoms with Crippen LogP contribution in [0.25, 0.3) is 11.1 Å². The molecule has 0 heterocycles. The Hall–Kier alpha value is -1.96. The summed E-state index contributed by atoms with van der Waals surface area (Å²) >= 11 is 0. The first-order valence-electron chi connectivity index (χ1n) is 8.25. The van der Waals surface area contributed by atoms with E-state index in [1.54, 1.807) is 0 Å². The Morgan fingerprint density at radius 3 is 1.23 bits per heavy atom. The van der Waals surface area contributed by atoms with E-state index in [1.807, 2.05) is 26.0 Å². The van der Waals surface area contributed by atoms with E-state index in [4.69, 9.17) is 0 Å². The van der Waals surface area contributed by atoms with Crippen molar-refractivity contribution in [3.05, 3.63) is 46.5 Å². The summed E-state index contributed by atoms with van der Waals surface area (Å²) < 4.78 is 0. The van der Waals surface area contributed by atoms with Gasteiger partial charge in [0.15, 0.2) is 0 Å². The van der Waals surface area contributed by atoms with Crippen molar-refractivity contribution < 1.29 is 10.2 Å². The summed E-state index contributed by atoms with van der Waals surface area (Å²) in [6.07, 6.45) is 3.38. The molecule has 0 aliphatic carbocycles. The van der Waals surface area contributed by atoms with Gasteiger partial charge in [-0.25, -0.2) is 0 Å². The maximum Gasteiger partial charge on any atom is 0.126 e. The van der Waals surface area contributed by atoms with Crippen LogP contribution >= 0.6 is 0 Å². The smallest absolute Gasteiger partial charge is 0.126 e. The third-order valence-electron chi connectivity index (χ3n) is 4.37. The van der Waals surface area contributed by atoms with E-state index >= 15 is 0 Å². The molecular formula is C20H26O2. The van der Waals surface area contributed by atoms with E-state index < -0.39 is 0 Å². The largest absolute Gasteiger partial charge is 0.507 e. The molecule has 118 valence electrons. The van der Waals surface area contributed by atoms with Crippen molar-refractivity contribution in [1.82, 2.24) is 0 Å². The molecule has 2 aromatic carbocycles. The first-order chi connectivity index (χ1) is 10.5. The summed E-state index contributed by atoms with van der Waals surface area (Å²) in [4.78, 5) is 0. The number of rotatable bonds is 5. The second-order valence-corrected chi connectivity index (χ2v) is 5.72. The van der Waals surface area contributed by atoms with Crippen molar-refractivity contribution in [2.75, 3.05) is 0 Å². The molecule has 0 aliphatic rings. The van der Waals surface area contributed by atoms with Gasteiger partial charge < -0.3 is 10.2 Å². The molecule has 0 amide bonds. The lowest BCUT2D eigenvalue weighted by Gasteiger charge is -2.16. The van der Waals surface area contributed by atoms with Gasteiger partial charge in [0.25, 0.3) is 0 Å². The quantitative estimate of drug-likeness (QED) is 0.814. The molecule has 0 unspecified atom stereocenters. The second kappa shape index (κ2) is 6.87. The molecule has 2 N–H and O–H groups in total. The molecule has 0 fully saturated rings. The standard InChI is InChI=1S/C20H26O2/c1-5-13-9-15(7-3)19(21)17(11-13)18-12-14(6-2)10-16(8-4)20(18)22/h9-12,21-22H,5-8H2,1-4H3. The van der Waals surface area contributed by atoms with Gasteiger partial charge in [-0.3, -0.25) is 0 Å². The maximum absolute atomic E-state index is 10.6. The number of aryl methyl sites for hydroxylation is 4. The van der Waals surface area contributed by atoms with Gasteiger partial charge >= 0.3 is 0 Å². The minimum Gasteiger partial charge on any atom is -0.507 e. The Bertz CT molecular complexity index is 612. The molecule has 2 nitrogen and oxygen atoms in total. The SMILES string of the molecule is CCc1cc(CC)c(O)c(-c2cc(CC)cc(CC)c2O)c1. The Kier molecular flexibility index (Phi) is 5.12. The highest BCUT2D eigenvalue weighted by molar-refractivity contribution is 5.79. The minimum absolute atomic E-state index is 0.297. The Balaban J connectivity index is 2.75. The highest BCUT2D eigenvalue weighted by atomic mass is 16.3. The van der Waals surface area contributed by atoms with Gasteiger partial charge in [0.1, 0.15) is 11.5 Å². The van der Waals surface area contributed by atoms with Crippen molar-refractivity contribution in [3.8, 4) is 22.6 Å². The number of phenolic OH excluding ortho intramolecular Hbond substituents is 2. The number of benzene rings is 2. The van der Waals surface area contributed by atoms with Gasteiger partial charge in [-0.2, -0.15) is 0 Å². The van der Waals surface area contributed by atoms with Gasteiger partial charge in [0.05, 0.1) is 0 Å². The Morgan fingerprint density at radius 1 is 0.591 bits per heavy atom. The molecule has 2 rings (SSSR count). The van der Waals surface area contributed by atoms with E-state index in [9.17, 15) is 10.2 Å². The number of hydrogen-bond acceptors (Lipinski definition) is 2. The molecule has 2 aromatic rings. The molecule has 0 atom stereocenters. The Labute approximate surface area is 133 Å². The number of phenols is 2. The molecule has 2 heteroatoms. The van der Waals surface area contributed by atoms with Crippen molar-refractivity contribution in [2.45, 2.75) is 53.4 Å². The van der Waals surface area contributed by atoms with Crippen LogP contribution in [0.4, 0.5) is 0 Å². The van der Waals surface area contributed by atoms with Crippen LogP contribution < -0.4 is 0 Å². The number of aromatic hydroxyl groups is 2. The zero-order valence-electron chi connectivity index (χ0n) is 14.0. The zero-order chi connectivity index (χ0) is 16.3. The summed E-state index contributed by atoms with van der Waals surface area (Å²) in [5, 5.41) is 21.2. The summed E-state index contributed by atoms with van der Waals surface area (Å²) in [6.45, 7) is 8.29. The molecule has 0 radical (unpaired) electrons. The fourth-order valence-electron chi connectivity index (χ4n) is 2.88. The van der Waals surface area contributed by atoms with E-state index in [0.717, 1.165) is 47.9 Å². The van der Waals surface area contributed by atoms with Gasteiger partial charge in [0.2, 0.25) is 0 Å². The van der Waals surface area contributed by atoms with Crippen LogP contribution in [-0.2, 0) is 25.7 Å². The topological polar surface area (TPSA) is 40.5 Å². The second-order valence-electron chi connectivity index (χ2n) is 5.72. The lowest BCUT2D eigenvalue weighted by atomic mass is 9.92. The molecule has 0 spiro atoms. The predicted octanol–water partition coefficient (Wildman–Crippen LogP) is 5.01. The van der Waals surface area contributed by atoms with Crippen molar-refractivity contribution in [3.63, 3.8) is 0 Å². The fraction of sp³-hybridized carbons (Fsp3) is 0.400. The molecular weight excluding hydrogens is 272 g/mol. The van der Waals surface area contributed by atoms with E-state index in [-0.39, 0.29) is 0 Å². The van der Waals surface area contributed by atoms with Gasteiger partial charge in [-0.1, -0.05) is 39.8 Å². The summed E-state index contributed by atoms with van der Waals surface area (Å²) in [7, 11) is 0. The van der Waals surface area contributed by atoms with Crippen LogP contribution in [0.15, 0.2) is 24.3 Å². The average Bonchev–Trinajstić information content (AvgIpc) is 2.55. The van der Waals surface area contributed by atoms with Crippen LogP contribution in [0.5, 0.6) is 11.5 Å². The lowest BCUT2D eigenvalue weighted by molar-refractivity contribution is 0.462. The monoisotopic (exact) mass is 298 g/mol. The van der Waals surface area contributed by atoms with E-state index in [2.05, 4.69) is 26.0 Å². The van der Waals surface area contributed by atoms with Crippen LogP contribution in [0.1, 0.15) is 49.9 Å². The fourth-order valence-corrected chi connectivity index (χ4v) is 2.88. The summed E-state index contributed by atoms with van der Waals surface area (Å²) in [6, 6.07) is 8.12. The van der Waals surface area contributed by atoms with Crippen LogP contribution in [-0.4, -0.2) is 10.2 Å². The minimum atomic E-state index is 0.297. The predicted molar refractivity (Wildman–Crippen MR) is 92.7 cm³/mol. The molecule has 0 saturated heterocycles. The highest BCUT2D eigenvalue weighted by Gasteiger charge is 2.16. The molecule has 0 saturated carbocycles. The van der Waals surface area contributed by atoms with Crippen molar-refractivity contribution in [1.29, 1.82) is 0 Å². The normalized spacial score (nSPS) is 10.9. The summed E-state index contributed by atoms with van der Waals surface area (Å²) in [5.41, 5.74) is 5.74. The van der Waals surface area contributed by atoms with Gasteiger partial charge in [0, 0.05) is 11.1 Å². The average molecular weight is 298 g/mol. The molecule has 22 heavy (non-hydrogen) atoms. The molecule has 0 aromatic heterocycles. The van der Waals surface area contributed by atoms with Crippen molar-refractivity contribution >= 4 is 0 Å². The Morgan fingerprint density at radius 2 is 0.955 bits per heavy atom. The zero-order valence-corrected chi connectivity index (χ0v) is 14.0. The first-order valence-corrected chi connectivity index (χ1v) is 8.25. The van der Waals surface area contributed by atoms with Gasteiger partial charge in [-0.05, 0) is 60.1 Å². The van der Waals surface area contributed by atoms with E-state index in [0.29, 0.717) is 11.5 Å². The third kappa shape index (κ3) is 2.96. The van der Waals surface area contributed by atoms with Crippen molar-refractivity contribution in [2.24, 2.45) is 0 Å². The first kappa shape index (κ1) is 16.4. The highest BCUT2D eigenvalue weighted by Crippen LogP contribution is 2.41.